The lowest BCUT2D eigenvalue weighted by Gasteiger charge is -2.30. The van der Waals surface area contributed by atoms with Gasteiger partial charge in [-0.3, -0.25) is 101 Å². The number of nitrogens with two attached hydrogens (primary N) is 2. The fourth-order valence-electron chi connectivity index (χ4n) is 12.9. The SMILES string of the molecule is CCCCCCCCCC(=O)N[C@@H](Cc1c[nH]c2ccccc12)C(=O)N[C@@H](CC(N)=O)C(=O)N[C@@H](CC(=O)O)C(=O)NC1C(=O)NCC(=O)N[C@@H](CCCNC(=O)CC(C)(C)CC(=O)O)C(=O)NC(CC(=O)O)C(=O)N[C@H](C)C(=O)N[C@@H](CC(=O)O)C(=O)NCC(=O)N[C@H](CO)C(=O)NC([C@H](C)CC(=O)O)C(=O)N[C@@H](CC(=O)c2ccccc2N)C(=O)OC1C. The number of hydrogen-bond donors (Lipinski definition) is 23. The molecule has 1 aliphatic heterocycles. The van der Waals surface area contributed by atoms with Crippen LogP contribution in [0, 0.1) is 11.3 Å². The summed E-state index contributed by atoms with van der Waals surface area (Å²) in [7, 11) is 0. The highest BCUT2D eigenvalue weighted by Crippen LogP contribution is 2.26. The van der Waals surface area contributed by atoms with E-state index in [1.165, 1.54) is 38.1 Å². The number of Topliss-reactive ketones (excluding diaryl/α,β-unsaturated/α-hetero) is 1. The van der Waals surface area contributed by atoms with Crippen LogP contribution < -0.4 is 85.9 Å². The first-order valence-electron chi connectivity index (χ1n) is 40.1. The smallest absolute Gasteiger partial charge is 0.329 e. The van der Waals surface area contributed by atoms with E-state index in [0.717, 1.165) is 52.9 Å². The number of rotatable bonds is 40. The number of cyclic esters (lactones) is 1. The standard InChI is InChI=1S/C79H111N17O29/c1-7-8-9-10-11-12-13-24-57(100)88-48(27-42-35-83-46-22-17-15-19-43(42)46)72(118)91-49(29-56(81)99)73(119)93-52(32-64(110)111)74(120)96-67-41(4)125-78(124)53(28-55(98)44-20-14-16-21-45(44)80)94-77(123)66(39(2)26-61(104)105)95-75(121)54(38-97)89-60(103)36-84-69(115)50(30-62(106)107)90-68(114)40(3)86-71(117)51(31-63(108)109)92-70(116)47(87-59(102)37-85-76(67)122)23-18-25-82-58(101)33-79(5,6)34-65(112)113/h14-17,19-22,35,39-41,47-54,66-67,83,97H,7-13,18,23-34,36-38,80H2,1-6H3,(H2,81,99)(H,82,101)(H,84,115)(H,85,122)(H,86,117)(H,87,102)(H,88,100)(H,89,103)(H,90,114)(H,91,118)(H,92,116)(H,93,119)(H,94,123)(H,95,121)(H,96,120)(H,104,105)(H,106,107)(H,108,109)(H,110,111)(H,112,113)/t39-,40-,41?,47+,48+,49+,50+,51?,52+,53+,54-,66?,67?/m1/s1. The van der Waals surface area contributed by atoms with Crippen LogP contribution >= 0.6 is 0 Å². The minimum absolute atomic E-state index is 0.0380. The highest BCUT2D eigenvalue weighted by Gasteiger charge is 2.42. The Labute approximate surface area is 715 Å². The zero-order chi connectivity index (χ0) is 93.5. The predicted octanol–water partition coefficient (Wildman–Crippen LogP) is -4.57. The van der Waals surface area contributed by atoms with Gasteiger partial charge in [0.2, 0.25) is 88.6 Å². The molecule has 1 fully saturated rings. The van der Waals surface area contributed by atoms with E-state index < -0.39 is 285 Å². The van der Waals surface area contributed by atoms with E-state index in [-0.39, 0.29) is 43.5 Å². The lowest BCUT2D eigenvalue weighted by Crippen LogP contribution is -2.62. The number of aliphatic hydroxyl groups excluding tert-OH is 1. The van der Waals surface area contributed by atoms with Crippen molar-refractivity contribution >= 4 is 147 Å². The van der Waals surface area contributed by atoms with Crippen LogP contribution in [0.4, 0.5) is 5.69 Å². The van der Waals surface area contributed by atoms with Gasteiger partial charge in [0.25, 0.3) is 0 Å². The maximum Gasteiger partial charge on any atom is 0.329 e. The van der Waals surface area contributed by atoms with Gasteiger partial charge >= 0.3 is 35.8 Å². The van der Waals surface area contributed by atoms with Crippen molar-refractivity contribution in [1.82, 2.24) is 79.4 Å². The van der Waals surface area contributed by atoms with Gasteiger partial charge in [0.05, 0.1) is 58.2 Å². The molecule has 15 amide bonds. The minimum atomic E-state index is -2.52. The number of aromatic amines is 1. The number of aliphatic carboxylic acids is 5. The van der Waals surface area contributed by atoms with E-state index in [1.54, 1.807) is 30.5 Å². The van der Waals surface area contributed by atoms with Crippen LogP contribution in [-0.2, 0) is 112 Å². The second-order valence-electron chi connectivity index (χ2n) is 30.7. The second-order valence-corrected chi connectivity index (χ2v) is 30.7. The summed E-state index contributed by atoms with van der Waals surface area (Å²) < 4.78 is 5.71. The van der Waals surface area contributed by atoms with E-state index in [9.17, 15) is 136 Å². The van der Waals surface area contributed by atoms with Crippen molar-refractivity contribution in [2.24, 2.45) is 17.1 Å². The van der Waals surface area contributed by atoms with Gasteiger partial charge in [0.1, 0.15) is 72.6 Å². The number of aliphatic hydroxyl groups is 1. The molecule has 4 unspecified atom stereocenters. The topological polar surface area (TPSA) is 742 Å². The summed E-state index contributed by atoms with van der Waals surface area (Å²) in [4.78, 5) is 303. The molecule has 686 valence electrons. The molecule has 4 rings (SSSR count). The first-order chi connectivity index (χ1) is 58.8. The summed E-state index contributed by atoms with van der Waals surface area (Å²) in [6, 6.07) is -11.3. The molecule has 0 aliphatic carbocycles. The third-order valence-electron chi connectivity index (χ3n) is 19.4. The molecule has 1 aromatic heterocycles. The molecule has 0 saturated carbocycles. The highest BCUT2D eigenvalue weighted by molar-refractivity contribution is 6.05. The first-order valence-corrected chi connectivity index (χ1v) is 40.1. The van der Waals surface area contributed by atoms with Gasteiger partial charge in [-0.15, -0.1) is 0 Å². The van der Waals surface area contributed by atoms with E-state index in [1.807, 2.05) is 16.0 Å². The summed E-state index contributed by atoms with van der Waals surface area (Å²) in [5, 5.41) is 90.8. The van der Waals surface area contributed by atoms with Crippen LogP contribution in [0.15, 0.2) is 54.7 Å². The monoisotopic (exact) mass is 1760 g/mol. The Morgan fingerprint density at radius 3 is 1.68 bits per heavy atom. The van der Waals surface area contributed by atoms with Gasteiger partial charge in [-0.25, -0.2) is 4.79 Å². The van der Waals surface area contributed by atoms with Crippen LogP contribution in [0.3, 0.4) is 0 Å². The number of carbonyl (C=O) groups is 22. The van der Waals surface area contributed by atoms with E-state index in [2.05, 4.69) is 70.4 Å². The van der Waals surface area contributed by atoms with Gasteiger partial charge in [0, 0.05) is 60.6 Å². The molecule has 1 aliphatic rings. The molecule has 2 aromatic carbocycles. The number of anilines is 1. The Kier molecular flexibility index (Phi) is 42.5. The lowest BCUT2D eigenvalue weighted by atomic mass is 9.85. The summed E-state index contributed by atoms with van der Waals surface area (Å²) in [5.41, 5.74) is 11.2. The number of hydrogen-bond acceptors (Lipinski definition) is 25. The zero-order valence-corrected chi connectivity index (χ0v) is 69.7. The van der Waals surface area contributed by atoms with Crippen molar-refractivity contribution in [2.75, 3.05) is 32.0 Å². The van der Waals surface area contributed by atoms with Crippen LogP contribution in [0.25, 0.3) is 10.9 Å². The number of para-hydroxylation sites is 2. The molecule has 46 nitrogen and oxygen atoms in total. The van der Waals surface area contributed by atoms with E-state index in [0.29, 0.717) is 29.3 Å². The molecule has 125 heavy (non-hydrogen) atoms. The molecule has 13 atom stereocenters. The maximum atomic E-state index is 15.0. The number of amides is 15. The van der Waals surface area contributed by atoms with Crippen LogP contribution in [0.5, 0.6) is 0 Å². The average molecular weight is 1760 g/mol. The number of nitrogen functional groups attached to an aromatic ring is 1. The molecule has 0 radical (unpaired) electrons. The number of esters is 1. The zero-order valence-electron chi connectivity index (χ0n) is 69.7. The van der Waals surface area contributed by atoms with Crippen molar-refractivity contribution in [1.29, 1.82) is 0 Å². The number of nitrogens with one attached hydrogen (secondary N) is 15. The number of benzene rings is 2. The second kappa shape index (κ2) is 51.3. The third-order valence-corrected chi connectivity index (χ3v) is 19.4. The molecule has 25 N–H and O–H groups in total. The highest BCUT2D eigenvalue weighted by atomic mass is 16.5. The molecule has 1 saturated heterocycles. The molecule has 2 heterocycles. The average Bonchev–Trinajstić information content (AvgIpc) is 1.72. The number of H-pyrrole nitrogens is 1. The molecular formula is C79H111N17O29. The predicted molar refractivity (Wildman–Crippen MR) is 435 cm³/mol. The Hall–Kier alpha value is -13.7. The van der Waals surface area contributed by atoms with Crippen molar-refractivity contribution in [3.63, 3.8) is 0 Å². The fraction of sp³-hybridized carbons (Fsp3) is 0.544. The largest absolute Gasteiger partial charge is 0.481 e. The number of aromatic nitrogens is 1. The van der Waals surface area contributed by atoms with Crippen molar-refractivity contribution < 1.29 is 141 Å². The molecule has 46 heteroatoms. The normalized spacial score (nSPS) is 20.5. The van der Waals surface area contributed by atoms with Gasteiger partial charge in [-0.1, -0.05) is 96.6 Å². The third kappa shape index (κ3) is 36.9. The Morgan fingerprint density at radius 1 is 0.536 bits per heavy atom. The summed E-state index contributed by atoms with van der Waals surface area (Å²) >= 11 is 0. The number of ether oxygens (including phenoxy) is 1. The van der Waals surface area contributed by atoms with Crippen molar-refractivity contribution in [3.8, 4) is 0 Å². The van der Waals surface area contributed by atoms with Crippen LogP contribution in [0.2, 0.25) is 0 Å². The summed E-state index contributed by atoms with van der Waals surface area (Å²) in [6.45, 7) is 3.67. The van der Waals surface area contributed by atoms with Crippen LogP contribution in [0.1, 0.15) is 173 Å². The van der Waals surface area contributed by atoms with Gasteiger partial charge in [0.15, 0.2) is 5.78 Å². The Bertz CT molecular complexity index is 4440. The Morgan fingerprint density at radius 2 is 1.08 bits per heavy atom. The van der Waals surface area contributed by atoms with E-state index in [4.69, 9.17) is 16.2 Å². The van der Waals surface area contributed by atoms with Crippen molar-refractivity contribution in [2.45, 2.75) is 236 Å². The van der Waals surface area contributed by atoms with Crippen LogP contribution in [-0.4, -0.2) is 265 Å². The quantitative estimate of drug-likeness (QED) is 0.0110. The maximum absolute atomic E-state index is 15.0. The molecule has 0 bridgehead atoms. The first kappa shape index (κ1) is 104. The van der Waals surface area contributed by atoms with Gasteiger partial charge in [-0.2, -0.15) is 0 Å². The van der Waals surface area contributed by atoms with E-state index >= 15 is 0 Å². The number of unbranched alkanes of at least 4 members (excludes halogenated alkanes) is 6. The molecular weight excluding hydrogens is 1650 g/mol. The number of carboxylic acids is 5. The minimum Gasteiger partial charge on any atom is -0.481 e. The molecule has 0 spiro atoms. The fourth-order valence-corrected chi connectivity index (χ4v) is 12.9. The van der Waals surface area contributed by atoms with Crippen molar-refractivity contribution in [3.05, 3.63) is 65.9 Å². The molecule has 3 aromatic rings. The number of carbonyl (C=O) groups excluding carboxylic acids is 17. The number of fused-ring (bicyclic) bond motifs is 1. The number of carboxylic acid groups (broad SMARTS) is 5. The number of ketones is 1. The number of primary amides is 1. The summed E-state index contributed by atoms with van der Waals surface area (Å²) in [6.07, 6.45) is -3.97. The Balaban J connectivity index is 1.93. The van der Waals surface area contributed by atoms with Gasteiger partial charge in [-0.05, 0) is 68.2 Å². The van der Waals surface area contributed by atoms with Gasteiger partial charge < -0.3 is 126 Å². The lowest BCUT2D eigenvalue weighted by molar-refractivity contribution is -0.156. The summed E-state index contributed by atoms with van der Waals surface area (Å²) in [5.74, 6) is -32.5.